The van der Waals surface area contributed by atoms with Crippen LogP contribution in [0.25, 0.3) is 21.2 Å². The molecule has 5 amide bonds. The van der Waals surface area contributed by atoms with Crippen LogP contribution in [-0.4, -0.2) is 78.3 Å². The summed E-state index contributed by atoms with van der Waals surface area (Å²) < 4.78 is 1.02. The number of piperidine rings is 1. The molecule has 0 saturated carbocycles. The number of nitrogens with zero attached hydrogens (tertiary/aromatic N) is 1. The van der Waals surface area contributed by atoms with Crippen molar-refractivity contribution in [2.45, 2.75) is 75.5 Å². The maximum atomic E-state index is 14.5. The highest BCUT2D eigenvalue weighted by atomic mass is 32.1. The van der Waals surface area contributed by atoms with Gasteiger partial charge in [0.25, 0.3) is 0 Å². The van der Waals surface area contributed by atoms with E-state index >= 15 is 0 Å². The van der Waals surface area contributed by atoms with Crippen LogP contribution in [0.2, 0.25) is 0 Å². The van der Waals surface area contributed by atoms with Crippen molar-refractivity contribution in [1.82, 2.24) is 31.6 Å². The van der Waals surface area contributed by atoms with E-state index in [0.29, 0.717) is 57.4 Å². The molecule has 9 N–H and O–H groups in total. The molecule has 59 heavy (non-hydrogen) atoms. The number of thiophene rings is 1. The number of benzene rings is 3. The number of unbranched alkanes of at least 4 members (excludes halogenated alkanes) is 1. The maximum absolute atomic E-state index is 14.5. The van der Waals surface area contributed by atoms with Crippen LogP contribution in [-0.2, 0) is 43.2 Å². The van der Waals surface area contributed by atoms with Crippen molar-refractivity contribution in [3.63, 3.8) is 0 Å². The van der Waals surface area contributed by atoms with E-state index in [1.807, 2.05) is 84.9 Å². The van der Waals surface area contributed by atoms with Gasteiger partial charge in [0.15, 0.2) is 0 Å². The van der Waals surface area contributed by atoms with Crippen LogP contribution in [0, 0.1) is 5.92 Å². The lowest BCUT2D eigenvalue weighted by molar-refractivity contribution is -0.135. The highest BCUT2D eigenvalue weighted by Gasteiger charge is 2.33. The fraction of sp³-hybridized carbons (Fsp3) is 0.364. The summed E-state index contributed by atoms with van der Waals surface area (Å²) in [6.07, 6.45) is 3.14. The standard InChI is InChI=1S/C44H52N8O5S2/c45-19-7-6-11-35(40(46)53)49-43(56)37(24-33-26-58-27-48-33)51-44(57)38(25-34-23-32-10-4-5-12-39(32)59-34)52-42(55)36(50-41(54)31-17-20-47-21-18-31)22-28-13-15-30(16-14-28)29-8-2-1-3-9-29/h1-5,8-10,12-16,23,26-27,31,35-38,47H,6-7,11,17-22,24-25,45H2,(H2,46,53)(H,49,56)(H,50,54)(H,51,57)(H,52,55)/t35-,36+,37-,38+/m0/s1. The summed E-state index contributed by atoms with van der Waals surface area (Å²) in [4.78, 5) is 74.0. The summed E-state index contributed by atoms with van der Waals surface area (Å²) in [5.41, 5.74) is 16.4. The fourth-order valence-corrected chi connectivity index (χ4v) is 8.86. The van der Waals surface area contributed by atoms with E-state index < -0.39 is 47.8 Å². The van der Waals surface area contributed by atoms with Crippen LogP contribution >= 0.6 is 22.7 Å². The van der Waals surface area contributed by atoms with Crippen molar-refractivity contribution in [2.24, 2.45) is 17.4 Å². The van der Waals surface area contributed by atoms with E-state index in [4.69, 9.17) is 11.5 Å². The zero-order chi connectivity index (χ0) is 41.6. The van der Waals surface area contributed by atoms with Gasteiger partial charge in [-0.2, -0.15) is 0 Å². The van der Waals surface area contributed by atoms with Gasteiger partial charge in [-0.1, -0.05) is 72.8 Å². The smallest absolute Gasteiger partial charge is 0.243 e. The van der Waals surface area contributed by atoms with E-state index in [-0.39, 0.29) is 31.1 Å². The van der Waals surface area contributed by atoms with Gasteiger partial charge in [-0.25, -0.2) is 4.98 Å². The Morgan fingerprint density at radius 3 is 2.00 bits per heavy atom. The van der Waals surface area contributed by atoms with Gasteiger partial charge in [0, 0.05) is 40.1 Å². The molecule has 0 bridgehead atoms. The first kappa shape index (κ1) is 43.1. The van der Waals surface area contributed by atoms with E-state index in [9.17, 15) is 24.0 Å². The van der Waals surface area contributed by atoms with Crippen LogP contribution in [0.1, 0.15) is 48.2 Å². The van der Waals surface area contributed by atoms with Gasteiger partial charge in [0.2, 0.25) is 29.5 Å². The number of hydrogen-bond acceptors (Lipinski definition) is 10. The average Bonchev–Trinajstić information content (AvgIpc) is 3.93. The lowest BCUT2D eigenvalue weighted by Gasteiger charge is -2.27. The van der Waals surface area contributed by atoms with E-state index in [1.165, 1.54) is 22.7 Å². The molecule has 0 spiro atoms. The Morgan fingerprint density at radius 2 is 1.36 bits per heavy atom. The second-order valence-corrected chi connectivity index (χ2v) is 16.7. The highest BCUT2D eigenvalue weighted by molar-refractivity contribution is 7.19. The van der Waals surface area contributed by atoms with Crippen molar-refractivity contribution in [1.29, 1.82) is 0 Å². The second kappa shape index (κ2) is 21.5. The predicted molar refractivity (Wildman–Crippen MR) is 232 cm³/mol. The lowest BCUT2D eigenvalue weighted by Crippen LogP contribution is -2.59. The molecule has 310 valence electrons. The average molecular weight is 837 g/mol. The Morgan fingerprint density at radius 1 is 0.729 bits per heavy atom. The van der Waals surface area contributed by atoms with Crippen molar-refractivity contribution in [3.05, 3.63) is 112 Å². The van der Waals surface area contributed by atoms with Gasteiger partial charge < -0.3 is 38.1 Å². The molecule has 0 radical (unpaired) electrons. The van der Waals surface area contributed by atoms with Crippen molar-refractivity contribution < 1.29 is 24.0 Å². The Kier molecular flexibility index (Phi) is 15.7. The van der Waals surface area contributed by atoms with E-state index in [1.54, 1.807) is 10.9 Å². The summed E-state index contributed by atoms with van der Waals surface area (Å²) in [6.45, 7) is 1.84. The Hall–Kier alpha value is -5.48. The third-order valence-electron chi connectivity index (χ3n) is 10.5. The highest BCUT2D eigenvalue weighted by Crippen LogP contribution is 2.27. The van der Waals surface area contributed by atoms with Gasteiger partial charge in [0.1, 0.15) is 24.2 Å². The van der Waals surface area contributed by atoms with E-state index in [2.05, 4.69) is 31.6 Å². The molecule has 1 fully saturated rings. The zero-order valence-electron chi connectivity index (χ0n) is 32.9. The van der Waals surface area contributed by atoms with Crippen LogP contribution in [0.5, 0.6) is 0 Å². The quantitative estimate of drug-likeness (QED) is 0.0575. The first-order valence-electron chi connectivity index (χ1n) is 20.1. The van der Waals surface area contributed by atoms with Crippen molar-refractivity contribution in [3.8, 4) is 11.1 Å². The third kappa shape index (κ3) is 12.5. The van der Waals surface area contributed by atoms with Crippen molar-refractivity contribution >= 4 is 62.3 Å². The molecule has 3 heterocycles. The normalized spacial score (nSPS) is 15.1. The van der Waals surface area contributed by atoms with Gasteiger partial charge >= 0.3 is 0 Å². The molecule has 3 aromatic carbocycles. The summed E-state index contributed by atoms with van der Waals surface area (Å²) in [5.74, 6) is -2.92. The Balaban J connectivity index is 1.26. The van der Waals surface area contributed by atoms with Crippen LogP contribution in [0.3, 0.4) is 0 Å². The van der Waals surface area contributed by atoms with Gasteiger partial charge in [-0.05, 0) is 85.9 Å². The molecule has 6 rings (SSSR count). The minimum atomic E-state index is -1.15. The number of fused-ring (bicyclic) bond motifs is 1. The molecule has 2 aromatic heterocycles. The topological polar surface area (TPSA) is 210 Å². The Bertz CT molecular complexity index is 2120. The first-order valence-corrected chi connectivity index (χ1v) is 21.8. The van der Waals surface area contributed by atoms with Gasteiger partial charge in [0.05, 0.1) is 11.2 Å². The number of thiazole rings is 1. The molecule has 5 aromatic rings. The molecule has 1 saturated heterocycles. The number of aromatic nitrogens is 1. The van der Waals surface area contributed by atoms with Crippen LogP contribution < -0.4 is 38.1 Å². The number of nitrogens with one attached hydrogen (secondary N) is 5. The molecule has 4 atom stereocenters. The fourth-order valence-electron chi connectivity index (χ4n) is 7.18. The predicted octanol–water partition coefficient (Wildman–Crippen LogP) is 3.61. The molecule has 0 aliphatic carbocycles. The van der Waals surface area contributed by atoms with Gasteiger partial charge in [-0.15, -0.1) is 22.7 Å². The molecular formula is C44H52N8O5S2. The number of primary amides is 1. The molecular weight excluding hydrogens is 785 g/mol. The maximum Gasteiger partial charge on any atom is 0.243 e. The monoisotopic (exact) mass is 836 g/mol. The first-order chi connectivity index (χ1) is 28.7. The number of carbonyl (C=O) groups is 5. The minimum Gasteiger partial charge on any atom is -0.368 e. The van der Waals surface area contributed by atoms with Crippen LogP contribution in [0.15, 0.2) is 95.8 Å². The molecule has 15 heteroatoms. The minimum absolute atomic E-state index is 0.0345. The number of amides is 5. The molecule has 1 aliphatic heterocycles. The molecule has 1 aliphatic rings. The largest absolute Gasteiger partial charge is 0.368 e. The zero-order valence-corrected chi connectivity index (χ0v) is 34.5. The van der Waals surface area contributed by atoms with E-state index in [0.717, 1.165) is 31.7 Å². The molecule has 0 unspecified atom stereocenters. The Labute approximate surface area is 352 Å². The third-order valence-corrected chi connectivity index (χ3v) is 12.3. The number of rotatable bonds is 20. The van der Waals surface area contributed by atoms with Gasteiger partial charge in [-0.3, -0.25) is 24.0 Å². The summed E-state index contributed by atoms with van der Waals surface area (Å²) in [6, 6.07) is 23.4. The van der Waals surface area contributed by atoms with Crippen LogP contribution in [0.4, 0.5) is 0 Å². The second-order valence-electron chi connectivity index (χ2n) is 14.9. The van der Waals surface area contributed by atoms with Crippen molar-refractivity contribution in [2.75, 3.05) is 19.6 Å². The lowest BCUT2D eigenvalue weighted by atomic mass is 9.95. The number of nitrogens with two attached hydrogens (primary N) is 2. The number of carbonyl (C=O) groups excluding carboxylic acids is 5. The molecule has 13 nitrogen and oxygen atoms in total. The summed E-state index contributed by atoms with van der Waals surface area (Å²) in [7, 11) is 0. The summed E-state index contributed by atoms with van der Waals surface area (Å²) >= 11 is 2.85. The summed E-state index contributed by atoms with van der Waals surface area (Å²) in [5, 5.41) is 17.6. The number of hydrogen-bond donors (Lipinski definition) is 7. The SMILES string of the molecule is NCCCC[C@H](NC(=O)[C@H](Cc1cscn1)NC(=O)[C@@H](Cc1cc2ccccc2s1)NC(=O)[C@@H](Cc1ccc(-c2ccccc2)cc1)NC(=O)C1CCNCC1)C(N)=O.